The first-order valence-electron chi connectivity index (χ1n) is 21.6. The molecule has 0 fully saturated rings. The number of rotatable bonds is 1. The van der Waals surface area contributed by atoms with Gasteiger partial charge in [0.2, 0.25) is 0 Å². The summed E-state index contributed by atoms with van der Waals surface area (Å²) in [5, 5.41) is 1.17. The van der Waals surface area contributed by atoms with Crippen LogP contribution in [0.15, 0.2) is 83.3 Å². The molecule has 5 aliphatic rings. The van der Waals surface area contributed by atoms with E-state index in [9.17, 15) is 0 Å². The predicted octanol–water partition coefficient (Wildman–Crippen LogP) is 12.5. The molecule has 1 aromatic heterocycles. The molecule has 3 nitrogen and oxygen atoms in total. The Bertz CT molecular complexity index is 2760. The quantitative estimate of drug-likeness (QED) is 0.156. The molecule has 2 aliphatic carbocycles. The number of hydrogen-bond acceptors (Lipinski definition) is 3. The fraction of sp³-hybridized carbons (Fsp3) is 0.396. The van der Waals surface area contributed by atoms with Gasteiger partial charge in [0, 0.05) is 33.6 Å². The Kier molecular flexibility index (Phi) is 6.76. The van der Waals surface area contributed by atoms with Crippen molar-refractivity contribution in [3.63, 3.8) is 0 Å². The van der Waals surface area contributed by atoms with E-state index >= 15 is 0 Å². The number of aryl methyl sites for hydroxylation is 2. The summed E-state index contributed by atoms with van der Waals surface area (Å²) in [6, 6.07) is 30.6. The Balaban J connectivity index is 1.30. The van der Waals surface area contributed by atoms with Gasteiger partial charge in [0.1, 0.15) is 5.58 Å². The van der Waals surface area contributed by atoms with Gasteiger partial charge in [-0.25, -0.2) is 0 Å². The molecule has 5 aromatic carbocycles. The minimum absolute atomic E-state index is 0.0382. The molecule has 0 radical (unpaired) electrons. The third-order valence-electron chi connectivity index (χ3n) is 15.4. The van der Waals surface area contributed by atoms with Gasteiger partial charge in [-0.15, -0.1) is 0 Å². The van der Waals surface area contributed by atoms with Crippen molar-refractivity contribution in [2.75, 3.05) is 9.80 Å². The van der Waals surface area contributed by atoms with Gasteiger partial charge in [-0.1, -0.05) is 112 Å². The van der Waals surface area contributed by atoms with Crippen LogP contribution in [0.1, 0.15) is 139 Å². The van der Waals surface area contributed by atoms with Gasteiger partial charge in [0.05, 0.1) is 17.0 Å². The normalized spacial score (nSPS) is 21.4. The number of nitrogens with zero attached hydrogens (tertiary/aromatic N) is 2. The van der Waals surface area contributed by atoms with E-state index in [-0.39, 0.29) is 33.8 Å². The van der Waals surface area contributed by atoms with Gasteiger partial charge in [0.25, 0.3) is 6.71 Å². The van der Waals surface area contributed by atoms with Crippen molar-refractivity contribution in [3.8, 4) is 0 Å². The van der Waals surface area contributed by atoms with E-state index in [0.717, 1.165) is 17.7 Å². The second kappa shape index (κ2) is 10.9. The number of anilines is 6. The van der Waals surface area contributed by atoms with Crippen LogP contribution in [0, 0.1) is 13.8 Å². The smallest absolute Gasteiger partial charge is 0.297 e. The Morgan fingerprint density at radius 3 is 1.98 bits per heavy atom. The third kappa shape index (κ3) is 4.46. The van der Waals surface area contributed by atoms with Crippen LogP contribution in [-0.2, 0) is 27.1 Å². The zero-order valence-corrected chi connectivity index (χ0v) is 36.2. The lowest BCUT2D eigenvalue weighted by Crippen LogP contribution is -2.62. The van der Waals surface area contributed by atoms with Crippen LogP contribution in [0.5, 0.6) is 0 Å². The molecule has 1 atom stereocenters. The molecule has 4 heteroatoms. The van der Waals surface area contributed by atoms with Crippen molar-refractivity contribution in [1.82, 2.24) is 0 Å². The highest BCUT2D eigenvalue weighted by atomic mass is 16.3. The van der Waals surface area contributed by atoms with Crippen LogP contribution in [0.3, 0.4) is 0 Å². The second-order valence-corrected chi connectivity index (χ2v) is 21.7. The maximum atomic E-state index is 7.20. The average Bonchev–Trinajstić information content (AvgIpc) is 3.53. The Morgan fingerprint density at radius 1 is 0.614 bits per heavy atom. The summed E-state index contributed by atoms with van der Waals surface area (Å²) in [6.07, 6.45) is 4.72. The zero-order chi connectivity index (χ0) is 39.9. The van der Waals surface area contributed by atoms with Crippen LogP contribution < -0.4 is 26.4 Å². The molecule has 57 heavy (non-hydrogen) atoms. The molecule has 3 aliphatic heterocycles. The van der Waals surface area contributed by atoms with Crippen LogP contribution in [-0.4, -0.2) is 6.71 Å². The molecule has 288 valence electrons. The summed E-state index contributed by atoms with van der Waals surface area (Å²) in [5.41, 5.74) is 24.5. The van der Waals surface area contributed by atoms with Crippen molar-refractivity contribution >= 4 is 68.4 Å². The minimum atomic E-state index is -0.126. The monoisotopic (exact) mass is 748 g/mol. The van der Waals surface area contributed by atoms with Gasteiger partial charge in [0.15, 0.2) is 0 Å². The molecule has 0 N–H and O–H groups in total. The summed E-state index contributed by atoms with van der Waals surface area (Å²) in [6.45, 7) is 29.2. The van der Waals surface area contributed by atoms with E-state index in [2.05, 4.69) is 172 Å². The van der Waals surface area contributed by atoms with Crippen LogP contribution >= 0.6 is 0 Å². The van der Waals surface area contributed by atoms with E-state index in [1.54, 1.807) is 22.3 Å². The fourth-order valence-electron chi connectivity index (χ4n) is 12.2. The van der Waals surface area contributed by atoms with Gasteiger partial charge < -0.3 is 14.2 Å². The van der Waals surface area contributed by atoms with E-state index < -0.39 is 0 Å². The summed E-state index contributed by atoms with van der Waals surface area (Å²) < 4.78 is 7.20. The maximum Gasteiger partial charge on any atom is 0.297 e. The third-order valence-corrected chi connectivity index (χ3v) is 15.4. The number of hydrogen-bond donors (Lipinski definition) is 0. The average molecular weight is 749 g/mol. The number of furan rings is 1. The lowest BCUT2D eigenvalue weighted by molar-refractivity contribution is 0.311. The SMILES string of the molecule is Cc1cc2c3c(c1)N(c1ccc(C(C)(C)C)cc1)c1c(oc4ccccc14)B3c1ccc3c4c1N2c1c(C)cc2c(c1C4(C)CCC3(C)C)C(C)(C)CCC2(C)C. The number of para-hydroxylation sites is 1. The lowest BCUT2D eigenvalue weighted by atomic mass is 9.34. The molecule has 0 bridgehead atoms. The summed E-state index contributed by atoms with van der Waals surface area (Å²) >= 11 is 0. The number of benzene rings is 5. The van der Waals surface area contributed by atoms with Gasteiger partial charge in [-0.2, -0.15) is 0 Å². The van der Waals surface area contributed by atoms with Crippen molar-refractivity contribution < 1.29 is 4.42 Å². The Hall–Kier alpha value is -4.70. The lowest BCUT2D eigenvalue weighted by Gasteiger charge is -2.57. The van der Waals surface area contributed by atoms with Crippen LogP contribution in [0.25, 0.3) is 11.0 Å². The Morgan fingerprint density at radius 2 is 1.26 bits per heavy atom. The van der Waals surface area contributed by atoms with Crippen molar-refractivity contribution in [2.45, 2.75) is 136 Å². The highest BCUT2D eigenvalue weighted by molar-refractivity contribution is 7.00. The first-order valence-corrected chi connectivity index (χ1v) is 21.6. The molecule has 11 rings (SSSR count). The molecular formula is C53H57BN2O. The van der Waals surface area contributed by atoms with E-state index in [1.807, 2.05) is 0 Å². The van der Waals surface area contributed by atoms with E-state index in [4.69, 9.17) is 4.42 Å². The number of fused-ring (bicyclic) bond motifs is 11. The van der Waals surface area contributed by atoms with Crippen LogP contribution in [0.2, 0.25) is 0 Å². The molecule has 4 heterocycles. The second-order valence-electron chi connectivity index (χ2n) is 21.7. The molecule has 0 saturated carbocycles. The van der Waals surface area contributed by atoms with Crippen molar-refractivity contribution in [3.05, 3.63) is 123 Å². The highest BCUT2D eigenvalue weighted by Crippen LogP contribution is 2.65. The molecule has 0 amide bonds. The van der Waals surface area contributed by atoms with Crippen molar-refractivity contribution in [2.24, 2.45) is 0 Å². The van der Waals surface area contributed by atoms with Gasteiger partial charge in [-0.05, 0) is 153 Å². The summed E-state index contributed by atoms with van der Waals surface area (Å²) in [4.78, 5) is 5.31. The van der Waals surface area contributed by atoms with Crippen molar-refractivity contribution in [1.29, 1.82) is 0 Å². The Labute approximate surface area is 340 Å². The first-order chi connectivity index (χ1) is 26.8. The molecule has 1 unspecified atom stereocenters. The first kappa shape index (κ1) is 35.5. The topological polar surface area (TPSA) is 19.6 Å². The molecular weight excluding hydrogens is 691 g/mol. The summed E-state index contributed by atoms with van der Waals surface area (Å²) in [5.74, 6) is 0. The molecule has 0 spiro atoms. The zero-order valence-electron chi connectivity index (χ0n) is 36.2. The summed E-state index contributed by atoms with van der Waals surface area (Å²) in [7, 11) is 0. The maximum absolute atomic E-state index is 7.20. The van der Waals surface area contributed by atoms with E-state index in [0.29, 0.717) is 0 Å². The van der Waals surface area contributed by atoms with Gasteiger partial charge in [-0.3, -0.25) is 0 Å². The molecule has 6 aromatic rings. The fourth-order valence-corrected chi connectivity index (χ4v) is 12.2. The largest absolute Gasteiger partial charge is 0.468 e. The van der Waals surface area contributed by atoms with E-state index in [1.165, 1.54) is 92.0 Å². The van der Waals surface area contributed by atoms with Gasteiger partial charge >= 0.3 is 0 Å². The standard InChI is InChI=1S/C53H57BN2O/c1-30-27-38-44-39(28-30)56-45-31(2)29-36-41(52(10,11)24-23-51(36,8)9)43(45)53(12)26-25-50(6,7)35-21-22-37(47(56)42(35)53)54(44)48-46(34-15-13-14-16-40(34)57-48)55(38)33-19-17-32(18-20-33)49(3,4)5/h13-22,27-29H,23-26H2,1-12H3. The molecule has 0 saturated heterocycles. The van der Waals surface area contributed by atoms with Crippen LogP contribution in [0.4, 0.5) is 34.1 Å². The minimum Gasteiger partial charge on any atom is -0.468 e. The predicted molar refractivity (Wildman–Crippen MR) is 242 cm³/mol. The highest BCUT2D eigenvalue weighted by Gasteiger charge is 2.57.